The second-order valence-electron chi connectivity index (χ2n) is 8.81. The van der Waals surface area contributed by atoms with Gasteiger partial charge in [0.05, 0.1) is 22.2 Å². The van der Waals surface area contributed by atoms with Crippen molar-refractivity contribution in [3.63, 3.8) is 0 Å². The van der Waals surface area contributed by atoms with Crippen LogP contribution in [0, 0.1) is 5.92 Å². The van der Waals surface area contributed by atoms with E-state index in [4.69, 9.17) is 33.9 Å². The molecule has 0 saturated carbocycles. The van der Waals surface area contributed by atoms with Gasteiger partial charge in [0.25, 0.3) is 5.91 Å². The SMILES string of the molecule is CC(C)Cc1sc(N(CCC(=O)O)Cc2cccc(C(=O)NCCN)c2)nc1-c1ccc(Cl)c(Cl)c1. The highest BCUT2D eigenvalue weighted by Crippen LogP contribution is 2.37. The van der Waals surface area contributed by atoms with Gasteiger partial charge in [-0.15, -0.1) is 11.3 Å². The summed E-state index contributed by atoms with van der Waals surface area (Å²) in [5, 5.41) is 13.8. The third-order valence-corrected chi connectivity index (χ3v) is 7.21. The molecule has 1 heterocycles. The number of aliphatic carboxylic acids is 1. The number of carbonyl (C=O) groups is 2. The number of carboxylic acids is 1. The maximum absolute atomic E-state index is 12.4. The van der Waals surface area contributed by atoms with Crippen LogP contribution in [0.4, 0.5) is 5.13 Å². The molecule has 2 aromatic carbocycles. The summed E-state index contributed by atoms with van der Waals surface area (Å²) < 4.78 is 0. The summed E-state index contributed by atoms with van der Waals surface area (Å²) in [6.07, 6.45) is 0.773. The number of nitrogens with one attached hydrogen (secondary N) is 1. The molecule has 0 unspecified atom stereocenters. The number of carbonyl (C=O) groups excluding carboxylic acids is 1. The number of aromatic nitrogens is 1. The maximum Gasteiger partial charge on any atom is 0.305 e. The number of amides is 1. The molecule has 0 saturated heterocycles. The molecule has 3 rings (SSSR count). The van der Waals surface area contributed by atoms with Crippen molar-refractivity contribution < 1.29 is 14.7 Å². The van der Waals surface area contributed by atoms with Gasteiger partial charge in [-0.2, -0.15) is 0 Å². The highest BCUT2D eigenvalue weighted by Gasteiger charge is 2.20. The van der Waals surface area contributed by atoms with Gasteiger partial charge in [-0.1, -0.05) is 55.2 Å². The summed E-state index contributed by atoms with van der Waals surface area (Å²) in [5.41, 5.74) is 8.56. The number of rotatable bonds is 12. The molecule has 0 aliphatic carbocycles. The van der Waals surface area contributed by atoms with E-state index in [1.807, 2.05) is 29.2 Å². The standard InChI is InChI=1S/C26H30Cl2N4O3S/c1-16(2)12-22-24(18-6-7-20(27)21(28)14-18)31-26(36-22)32(11-8-23(33)34)15-17-4-3-5-19(13-17)25(35)30-10-9-29/h3-7,13-14,16H,8-12,15,29H2,1-2H3,(H,30,35)(H,33,34). The minimum absolute atomic E-state index is 0.0438. The van der Waals surface area contributed by atoms with Gasteiger partial charge in [0.15, 0.2) is 5.13 Å². The van der Waals surface area contributed by atoms with E-state index in [-0.39, 0.29) is 18.9 Å². The molecule has 4 N–H and O–H groups in total. The van der Waals surface area contributed by atoms with Crippen LogP contribution in [0.2, 0.25) is 10.0 Å². The molecule has 0 aliphatic heterocycles. The lowest BCUT2D eigenvalue weighted by Crippen LogP contribution is -2.29. The summed E-state index contributed by atoms with van der Waals surface area (Å²) in [7, 11) is 0. The first-order valence-electron chi connectivity index (χ1n) is 11.7. The van der Waals surface area contributed by atoms with Crippen LogP contribution in [0.5, 0.6) is 0 Å². The fourth-order valence-corrected chi connectivity index (χ4v) is 5.26. The Morgan fingerprint density at radius 3 is 2.61 bits per heavy atom. The van der Waals surface area contributed by atoms with Crippen LogP contribution in [-0.2, 0) is 17.8 Å². The largest absolute Gasteiger partial charge is 0.481 e. The maximum atomic E-state index is 12.4. The first-order chi connectivity index (χ1) is 17.2. The van der Waals surface area contributed by atoms with Gasteiger partial charge in [0.2, 0.25) is 0 Å². The molecular formula is C26H30Cl2N4O3S. The molecule has 10 heteroatoms. The molecule has 192 valence electrons. The van der Waals surface area contributed by atoms with Crippen LogP contribution in [0.3, 0.4) is 0 Å². The molecule has 0 spiro atoms. The smallest absolute Gasteiger partial charge is 0.305 e. The fraction of sp³-hybridized carbons (Fsp3) is 0.346. The number of nitrogens with two attached hydrogens (primary N) is 1. The van der Waals surface area contributed by atoms with E-state index in [0.717, 1.165) is 28.1 Å². The van der Waals surface area contributed by atoms with Crippen LogP contribution >= 0.6 is 34.5 Å². The Bertz CT molecular complexity index is 1220. The molecule has 7 nitrogen and oxygen atoms in total. The van der Waals surface area contributed by atoms with Crippen molar-refractivity contribution in [2.45, 2.75) is 33.2 Å². The Hall–Kier alpha value is -2.65. The van der Waals surface area contributed by atoms with E-state index >= 15 is 0 Å². The monoisotopic (exact) mass is 548 g/mol. The third kappa shape index (κ3) is 7.67. The molecule has 1 amide bonds. The fourth-order valence-electron chi connectivity index (χ4n) is 3.64. The number of anilines is 1. The third-order valence-electron chi connectivity index (χ3n) is 5.33. The van der Waals surface area contributed by atoms with Crippen molar-refractivity contribution in [1.82, 2.24) is 10.3 Å². The molecule has 0 atom stereocenters. The van der Waals surface area contributed by atoms with Crippen molar-refractivity contribution >= 4 is 51.5 Å². The van der Waals surface area contributed by atoms with Gasteiger partial charge in [0, 0.05) is 42.2 Å². The van der Waals surface area contributed by atoms with E-state index < -0.39 is 5.97 Å². The lowest BCUT2D eigenvalue weighted by Gasteiger charge is -2.21. The van der Waals surface area contributed by atoms with Crippen LogP contribution in [0.15, 0.2) is 42.5 Å². The lowest BCUT2D eigenvalue weighted by molar-refractivity contribution is -0.136. The Balaban J connectivity index is 1.97. The number of carboxylic acid groups (broad SMARTS) is 1. The first kappa shape index (κ1) is 27.9. The van der Waals surface area contributed by atoms with Crippen molar-refractivity contribution in [3.8, 4) is 11.3 Å². The Kier molecular flexibility index (Phi) is 10.1. The lowest BCUT2D eigenvalue weighted by atomic mass is 10.0. The average Bonchev–Trinajstić information content (AvgIpc) is 3.24. The normalized spacial score (nSPS) is 11.1. The summed E-state index contributed by atoms with van der Waals surface area (Å²) >= 11 is 14.0. The van der Waals surface area contributed by atoms with E-state index in [0.29, 0.717) is 46.3 Å². The van der Waals surface area contributed by atoms with Crippen molar-refractivity contribution in [2.24, 2.45) is 11.7 Å². The van der Waals surface area contributed by atoms with Gasteiger partial charge in [-0.3, -0.25) is 9.59 Å². The number of thiazole rings is 1. The molecule has 1 aromatic heterocycles. The van der Waals surface area contributed by atoms with Gasteiger partial charge in [-0.05, 0) is 42.2 Å². The van der Waals surface area contributed by atoms with Crippen LogP contribution in [0.25, 0.3) is 11.3 Å². The molecule has 0 fully saturated rings. The number of hydrogen-bond acceptors (Lipinski definition) is 6. The van der Waals surface area contributed by atoms with Gasteiger partial charge < -0.3 is 21.1 Å². The zero-order valence-corrected chi connectivity index (χ0v) is 22.6. The molecule has 36 heavy (non-hydrogen) atoms. The highest BCUT2D eigenvalue weighted by atomic mass is 35.5. The summed E-state index contributed by atoms with van der Waals surface area (Å²) in [5.74, 6) is -0.690. The van der Waals surface area contributed by atoms with Crippen LogP contribution in [0.1, 0.15) is 41.1 Å². The van der Waals surface area contributed by atoms with E-state index in [9.17, 15) is 14.7 Å². The summed E-state index contributed by atoms with van der Waals surface area (Å²) in [6.45, 7) is 5.71. The molecule has 0 radical (unpaired) electrons. The van der Waals surface area contributed by atoms with Gasteiger partial charge >= 0.3 is 5.97 Å². The zero-order valence-electron chi connectivity index (χ0n) is 20.3. The number of hydrogen-bond donors (Lipinski definition) is 3. The van der Waals surface area contributed by atoms with Crippen molar-refractivity contribution in [2.75, 3.05) is 24.5 Å². The molecule has 0 aliphatic rings. The predicted molar refractivity (Wildman–Crippen MR) is 147 cm³/mol. The number of nitrogens with zero attached hydrogens (tertiary/aromatic N) is 2. The zero-order chi connectivity index (χ0) is 26.2. The summed E-state index contributed by atoms with van der Waals surface area (Å²) in [6, 6.07) is 12.7. The minimum atomic E-state index is -0.890. The van der Waals surface area contributed by atoms with E-state index in [1.54, 1.807) is 29.5 Å². The topological polar surface area (TPSA) is 109 Å². The Morgan fingerprint density at radius 1 is 1.17 bits per heavy atom. The van der Waals surface area contributed by atoms with E-state index in [1.165, 1.54) is 0 Å². The number of benzene rings is 2. The quantitative estimate of drug-likeness (QED) is 0.276. The number of halogens is 2. The average molecular weight is 550 g/mol. The molecular weight excluding hydrogens is 519 g/mol. The van der Waals surface area contributed by atoms with E-state index in [2.05, 4.69) is 19.2 Å². The predicted octanol–water partition coefficient (Wildman–Crippen LogP) is 5.49. The summed E-state index contributed by atoms with van der Waals surface area (Å²) in [4.78, 5) is 31.8. The Labute approximate surface area is 225 Å². The second kappa shape index (κ2) is 13.1. The molecule has 0 bridgehead atoms. The van der Waals surface area contributed by atoms with Crippen LogP contribution in [-0.4, -0.2) is 41.6 Å². The first-order valence-corrected chi connectivity index (χ1v) is 13.2. The van der Waals surface area contributed by atoms with Gasteiger partial charge in [0.1, 0.15) is 0 Å². The minimum Gasteiger partial charge on any atom is -0.481 e. The van der Waals surface area contributed by atoms with Crippen LogP contribution < -0.4 is 16.0 Å². The second-order valence-corrected chi connectivity index (χ2v) is 10.7. The van der Waals surface area contributed by atoms with Crippen molar-refractivity contribution in [3.05, 3.63) is 68.5 Å². The van der Waals surface area contributed by atoms with Gasteiger partial charge in [-0.25, -0.2) is 4.98 Å². The van der Waals surface area contributed by atoms with Crippen molar-refractivity contribution in [1.29, 1.82) is 0 Å². The molecule has 3 aromatic rings. The highest BCUT2D eigenvalue weighted by molar-refractivity contribution is 7.16. The Morgan fingerprint density at radius 2 is 1.94 bits per heavy atom.